The lowest BCUT2D eigenvalue weighted by Crippen LogP contribution is -2.13. The average molecular weight is 320 g/mol. The first-order valence-corrected chi connectivity index (χ1v) is 7.16. The van der Waals surface area contributed by atoms with Crippen molar-refractivity contribution < 1.29 is 4.79 Å². The number of nitrogens with zero attached hydrogens (tertiary/aromatic N) is 3. The fraction of sp³-hybridized carbons (Fsp3) is 0.357. The molecular weight excluding hydrogens is 306 g/mol. The molecule has 5 heteroatoms. The van der Waals surface area contributed by atoms with E-state index in [0.717, 1.165) is 28.8 Å². The second-order valence-electron chi connectivity index (χ2n) is 4.97. The monoisotopic (exact) mass is 319 g/mol. The molecule has 1 aliphatic carbocycles. The first-order chi connectivity index (χ1) is 9.26. The molecule has 0 aliphatic heterocycles. The van der Waals surface area contributed by atoms with E-state index < -0.39 is 0 Å². The third-order valence-electron chi connectivity index (χ3n) is 3.42. The number of carbonyl (C=O) groups is 1. The largest absolute Gasteiger partial charge is 0.298 e. The van der Waals surface area contributed by atoms with Crippen molar-refractivity contribution >= 4 is 22.2 Å². The molecule has 98 valence electrons. The number of pyridine rings is 1. The minimum absolute atomic E-state index is 0.120. The average Bonchev–Trinajstić information content (AvgIpc) is 3.13. The number of carbonyl (C=O) groups excluding carboxylic acids is 1. The van der Waals surface area contributed by atoms with Gasteiger partial charge in [-0.2, -0.15) is 5.10 Å². The molecule has 0 amide bonds. The van der Waals surface area contributed by atoms with Crippen molar-refractivity contribution in [2.24, 2.45) is 5.92 Å². The third kappa shape index (κ3) is 2.92. The van der Waals surface area contributed by atoms with E-state index in [9.17, 15) is 4.79 Å². The van der Waals surface area contributed by atoms with E-state index >= 15 is 0 Å². The second-order valence-corrected chi connectivity index (χ2v) is 5.88. The normalized spacial score (nSPS) is 16.3. The molecule has 1 unspecified atom stereocenters. The summed E-state index contributed by atoms with van der Waals surface area (Å²) in [6, 6.07) is 4.13. The number of aromatic nitrogens is 3. The zero-order valence-corrected chi connectivity index (χ0v) is 12.0. The maximum atomic E-state index is 10.8. The lowest BCUT2D eigenvalue weighted by molar-refractivity contribution is 0.112. The van der Waals surface area contributed by atoms with Crippen molar-refractivity contribution in [1.82, 2.24) is 14.8 Å². The van der Waals surface area contributed by atoms with Crippen molar-refractivity contribution in [2.75, 3.05) is 0 Å². The van der Waals surface area contributed by atoms with Crippen LogP contribution in [0.4, 0.5) is 0 Å². The van der Waals surface area contributed by atoms with Crippen LogP contribution in [0.15, 0.2) is 35.2 Å². The molecule has 0 spiro atoms. The SMILES string of the molecule is O=Cc1cnn(C(CC2CC2)c2ccc(Br)cn2)c1. The first kappa shape index (κ1) is 12.5. The van der Waals surface area contributed by atoms with Crippen molar-refractivity contribution in [1.29, 1.82) is 0 Å². The molecule has 1 atom stereocenters. The van der Waals surface area contributed by atoms with Crippen LogP contribution in [0.25, 0.3) is 0 Å². The van der Waals surface area contributed by atoms with Crippen LogP contribution in [-0.4, -0.2) is 21.1 Å². The van der Waals surface area contributed by atoms with Gasteiger partial charge in [-0.25, -0.2) is 0 Å². The highest BCUT2D eigenvalue weighted by Gasteiger charge is 2.28. The van der Waals surface area contributed by atoms with E-state index in [-0.39, 0.29) is 6.04 Å². The molecule has 2 aromatic rings. The van der Waals surface area contributed by atoms with Gasteiger partial charge in [-0.05, 0) is 40.4 Å². The fourth-order valence-corrected chi connectivity index (χ4v) is 2.44. The van der Waals surface area contributed by atoms with Crippen molar-refractivity contribution in [2.45, 2.75) is 25.3 Å². The van der Waals surface area contributed by atoms with Gasteiger partial charge in [-0.3, -0.25) is 14.5 Å². The lowest BCUT2D eigenvalue weighted by atomic mass is 10.1. The Morgan fingerprint density at radius 2 is 2.26 bits per heavy atom. The van der Waals surface area contributed by atoms with Crippen LogP contribution >= 0.6 is 15.9 Å². The summed E-state index contributed by atoms with van der Waals surface area (Å²) in [6.07, 6.45) is 9.64. The quantitative estimate of drug-likeness (QED) is 0.795. The molecule has 0 N–H and O–H groups in total. The summed E-state index contributed by atoms with van der Waals surface area (Å²) in [5.74, 6) is 0.763. The van der Waals surface area contributed by atoms with E-state index in [1.54, 1.807) is 18.6 Å². The molecule has 0 aromatic carbocycles. The highest BCUT2D eigenvalue weighted by atomic mass is 79.9. The zero-order valence-electron chi connectivity index (χ0n) is 10.4. The Morgan fingerprint density at radius 1 is 1.42 bits per heavy atom. The summed E-state index contributed by atoms with van der Waals surface area (Å²) in [6.45, 7) is 0. The minimum Gasteiger partial charge on any atom is -0.298 e. The van der Waals surface area contributed by atoms with Gasteiger partial charge in [0.25, 0.3) is 0 Å². The third-order valence-corrected chi connectivity index (χ3v) is 3.89. The number of rotatable bonds is 5. The summed E-state index contributed by atoms with van der Waals surface area (Å²) in [5.41, 5.74) is 1.61. The predicted molar refractivity (Wildman–Crippen MR) is 75.0 cm³/mol. The molecule has 1 fully saturated rings. The van der Waals surface area contributed by atoms with Gasteiger partial charge < -0.3 is 0 Å². The predicted octanol–water partition coefficient (Wildman–Crippen LogP) is 3.24. The van der Waals surface area contributed by atoms with Crippen molar-refractivity contribution in [3.8, 4) is 0 Å². The standard InChI is InChI=1S/C14H14BrN3O/c15-12-3-4-13(16-7-12)14(5-10-1-2-10)18-8-11(9-19)6-17-18/h3-4,6-10,14H,1-2,5H2. The lowest BCUT2D eigenvalue weighted by Gasteiger charge is -2.16. The maximum Gasteiger partial charge on any atom is 0.153 e. The Bertz CT molecular complexity index is 575. The van der Waals surface area contributed by atoms with Gasteiger partial charge in [0, 0.05) is 16.9 Å². The van der Waals surface area contributed by atoms with E-state index in [2.05, 4.69) is 26.0 Å². The van der Waals surface area contributed by atoms with Gasteiger partial charge in [0.15, 0.2) is 6.29 Å². The topological polar surface area (TPSA) is 47.8 Å². The Hall–Kier alpha value is -1.49. The Kier molecular flexibility index (Phi) is 3.46. The molecule has 3 rings (SSSR count). The summed E-state index contributed by atoms with van der Waals surface area (Å²) in [4.78, 5) is 15.3. The van der Waals surface area contributed by atoms with Gasteiger partial charge in [0.2, 0.25) is 0 Å². The number of hydrogen-bond acceptors (Lipinski definition) is 3. The van der Waals surface area contributed by atoms with Crippen LogP contribution in [0.2, 0.25) is 0 Å². The zero-order chi connectivity index (χ0) is 13.2. The molecule has 1 aliphatic rings. The second kappa shape index (κ2) is 5.25. The minimum atomic E-state index is 0.120. The van der Waals surface area contributed by atoms with E-state index in [1.807, 2.05) is 16.8 Å². The van der Waals surface area contributed by atoms with Crippen LogP contribution in [0.3, 0.4) is 0 Å². The van der Waals surface area contributed by atoms with Crippen LogP contribution < -0.4 is 0 Å². The molecule has 0 bridgehead atoms. The summed E-state index contributed by atoms with van der Waals surface area (Å²) in [5, 5.41) is 4.30. The smallest absolute Gasteiger partial charge is 0.153 e. The molecule has 2 aromatic heterocycles. The Morgan fingerprint density at radius 3 is 2.84 bits per heavy atom. The van der Waals surface area contributed by atoms with E-state index in [1.165, 1.54) is 12.8 Å². The summed E-state index contributed by atoms with van der Waals surface area (Å²) >= 11 is 3.40. The van der Waals surface area contributed by atoms with Crippen LogP contribution in [-0.2, 0) is 0 Å². The van der Waals surface area contributed by atoms with Crippen molar-refractivity contribution in [3.05, 3.63) is 46.5 Å². The number of aldehydes is 1. The molecule has 19 heavy (non-hydrogen) atoms. The van der Waals surface area contributed by atoms with Crippen LogP contribution in [0.5, 0.6) is 0 Å². The molecule has 4 nitrogen and oxygen atoms in total. The molecule has 0 radical (unpaired) electrons. The van der Waals surface area contributed by atoms with E-state index in [4.69, 9.17) is 0 Å². The maximum absolute atomic E-state index is 10.8. The summed E-state index contributed by atoms with van der Waals surface area (Å²) in [7, 11) is 0. The Labute approximate surface area is 120 Å². The van der Waals surface area contributed by atoms with Gasteiger partial charge in [0.05, 0.1) is 23.5 Å². The summed E-state index contributed by atoms with van der Waals surface area (Å²) < 4.78 is 2.83. The fourth-order valence-electron chi connectivity index (χ4n) is 2.20. The van der Waals surface area contributed by atoms with Gasteiger partial charge in [-0.15, -0.1) is 0 Å². The molecule has 0 saturated heterocycles. The molecular formula is C14H14BrN3O. The molecule has 1 saturated carbocycles. The highest BCUT2D eigenvalue weighted by Crippen LogP contribution is 2.38. The van der Waals surface area contributed by atoms with Gasteiger partial charge in [-0.1, -0.05) is 12.8 Å². The number of hydrogen-bond donors (Lipinski definition) is 0. The van der Waals surface area contributed by atoms with Crippen molar-refractivity contribution in [3.63, 3.8) is 0 Å². The van der Waals surface area contributed by atoms with Gasteiger partial charge in [0.1, 0.15) is 0 Å². The molecule has 2 heterocycles. The van der Waals surface area contributed by atoms with Crippen LogP contribution in [0.1, 0.15) is 41.4 Å². The number of halogens is 1. The first-order valence-electron chi connectivity index (χ1n) is 6.37. The highest BCUT2D eigenvalue weighted by molar-refractivity contribution is 9.10. The van der Waals surface area contributed by atoms with E-state index in [0.29, 0.717) is 5.56 Å². The Balaban J connectivity index is 1.91. The van der Waals surface area contributed by atoms with Gasteiger partial charge >= 0.3 is 0 Å². The van der Waals surface area contributed by atoms with Crippen LogP contribution in [0, 0.1) is 5.92 Å².